The average molecular weight is 314 g/mol. The number of halogens is 2. The van der Waals surface area contributed by atoms with Crippen LogP contribution < -0.4 is 5.32 Å². The van der Waals surface area contributed by atoms with Crippen LogP contribution in [0.4, 0.5) is 4.39 Å². The summed E-state index contributed by atoms with van der Waals surface area (Å²) in [7, 11) is 0. The topological polar surface area (TPSA) is 38.3 Å². The predicted octanol–water partition coefficient (Wildman–Crippen LogP) is 3.87. The zero-order valence-electron chi connectivity index (χ0n) is 12.3. The number of benzene rings is 1. The highest BCUT2D eigenvalue weighted by Crippen LogP contribution is 2.23. The molecule has 1 aliphatic carbocycles. The molecule has 0 saturated heterocycles. The molecule has 0 bridgehead atoms. The lowest BCUT2D eigenvalue weighted by molar-refractivity contribution is 0.0565. The second-order valence-electron chi connectivity index (χ2n) is 5.44. The standard InChI is InChI=1S/C16H21ClFNO2/c1-11-7-8-13(18)14(15(11)17)16(20)19-9-4-10-21-12-5-2-3-6-12/h7-8,12H,2-6,9-10H2,1H3,(H,19,20). The van der Waals surface area contributed by atoms with Crippen LogP contribution in [0, 0.1) is 12.7 Å². The van der Waals surface area contributed by atoms with E-state index < -0.39 is 11.7 Å². The molecular formula is C16H21ClFNO2. The van der Waals surface area contributed by atoms with Crippen molar-refractivity contribution in [3.8, 4) is 0 Å². The van der Waals surface area contributed by atoms with Crippen molar-refractivity contribution in [3.63, 3.8) is 0 Å². The molecule has 3 nitrogen and oxygen atoms in total. The van der Waals surface area contributed by atoms with E-state index >= 15 is 0 Å². The van der Waals surface area contributed by atoms with Crippen molar-refractivity contribution in [1.29, 1.82) is 0 Å². The van der Waals surface area contributed by atoms with Gasteiger partial charge in [0.1, 0.15) is 5.82 Å². The van der Waals surface area contributed by atoms with Crippen molar-refractivity contribution >= 4 is 17.5 Å². The molecular weight excluding hydrogens is 293 g/mol. The maximum absolute atomic E-state index is 13.7. The van der Waals surface area contributed by atoms with E-state index in [2.05, 4.69) is 5.32 Å². The molecule has 1 aromatic rings. The number of amides is 1. The summed E-state index contributed by atoms with van der Waals surface area (Å²) < 4.78 is 19.4. The van der Waals surface area contributed by atoms with Gasteiger partial charge in [0.05, 0.1) is 16.7 Å². The lowest BCUT2D eigenvalue weighted by Gasteiger charge is -2.12. The first kappa shape index (κ1) is 16.2. The van der Waals surface area contributed by atoms with E-state index in [4.69, 9.17) is 16.3 Å². The molecule has 0 radical (unpaired) electrons. The van der Waals surface area contributed by atoms with Gasteiger partial charge >= 0.3 is 0 Å². The summed E-state index contributed by atoms with van der Waals surface area (Å²) in [5.41, 5.74) is 0.612. The first-order valence-corrected chi connectivity index (χ1v) is 7.82. The van der Waals surface area contributed by atoms with Gasteiger partial charge in [-0.1, -0.05) is 30.5 Å². The third kappa shape index (κ3) is 4.42. The second-order valence-corrected chi connectivity index (χ2v) is 5.82. The number of hydrogen-bond donors (Lipinski definition) is 1. The van der Waals surface area contributed by atoms with Crippen LogP contribution in [-0.2, 0) is 4.74 Å². The van der Waals surface area contributed by atoms with E-state index in [-0.39, 0.29) is 10.6 Å². The molecule has 1 saturated carbocycles. The van der Waals surface area contributed by atoms with Crippen LogP contribution in [0.5, 0.6) is 0 Å². The summed E-state index contributed by atoms with van der Waals surface area (Å²) in [5.74, 6) is -1.06. The average Bonchev–Trinajstić information content (AvgIpc) is 2.96. The fourth-order valence-electron chi connectivity index (χ4n) is 2.53. The molecule has 1 N–H and O–H groups in total. The van der Waals surface area contributed by atoms with Gasteiger partial charge in [-0.25, -0.2) is 4.39 Å². The molecule has 2 rings (SSSR count). The summed E-state index contributed by atoms with van der Waals surface area (Å²) in [6.07, 6.45) is 5.85. The normalized spacial score (nSPS) is 15.4. The van der Waals surface area contributed by atoms with Crippen molar-refractivity contribution in [2.45, 2.75) is 45.1 Å². The van der Waals surface area contributed by atoms with E-state index in [0.29, 0.717) is 31.2 Å². The monoisotopic (exact) mass is 313 g/mol. The molecule has 21 heavy (non-hydrogen) atoms. The Labute approximate surface area is 129 Å². The number of aryl methyl sites for hydroxylation is 1. The summed E-state index contributed by atoms with van der Waals surface area (Å²) in [5, 5.41) is 2.87. The van der Waals surface area contributed by atoms with Gasteiger partial charge in [0.15, 0.2) is 0 Å². The lowest BCUT2D eigenvalue weighted by Crippen LogP contribution is -2.27. The molecule has 0 aliphatic heterocycles. The zero-order valence-corrected chi connectivity index (χ0v) is 13.0. The van der Waals surface area contributed by atoms with E-state index in [1.807, 2.05) is 0 Å². The molecule has 0 heterocycles. The van der Waals surface area contributed by atoms with Gasteiger partial charge in [-0.3, -0.25) is 4.79 Å². The van der Waals surface area contributed by atoms with E-state index in [1.165, 1.54) is 18.9 Å². The number of carbonyl (C=O) groups is 1. The van der Waals surface area contributed by atoms with Crippen LogP contribution in [0.15, 0.2) is 12.1 Å². The predicted molar refractivity (Wildman–Crippen MR) is 81.3 cm³/mol. The van der Waals surface area contributed by atoms with Gasteiger partial charge in [0.25, 0.3) is 5.91 Å². The fourth-order valence-corrected chi connectivity index (χ4v) is 2.77. The van der Waals surface area contributed by atoms with Crippen LogP contribution >= 0.6 is 11.6 Å². The largest absolute Gasteiger partial charge is 0.378 e. The Bertz CT molecular complexity index is 501. The van der Waals surface area contributed by atoms with Crippen molar-refractivity contribution in [1.82, 2.24) is 5.32 Å². The molecule has 1 amide bonds. The zero-order chi connectivity index (χ0) is 15.2. The summed E-state index contributed by atoms with van der Waals surface area (Å²) in [6.45, 7) is 2.82. The Morgan fingerprint density at radius 1 is 1.43 bits per heavy atom. The van der Waals surface area contributed by atoms with E-state index in [9.17, 15) is 9.18 Å². The first-order valence-electron chi connectivity index (χ1n) is 7.44. The van der Waals surface area contributed by atoms with Crippen LogP contribution in [0.3, 0.4) is 0 Å². The van der Waals surface area contributed by atoms with Crippen molar-refractivity contribution in [2.75, 3.05) is 13.2 Å². The SMILES string of the molecule is Cc1ccc(F)c(C(=O)NCCCOC2CCCC2)c1Cl. The molecule has 0 spiro atoms. The molecule has 1 aromatic carbocycles. The molecule has 0 atom stereocenters. The lowest BCUT2D eigenvalue weighted by atomic mass is 10.1. The van der Waals surface area contributed by atoms with Gasteiger partial charge in [-0.05, 0) is 37.8 Å². The fraction of sp³-hybridized carbons (Fsp3) is 0.562. The van der Waals surface area contributed by atoms with Crippen LogP contribution in [-0.4, -0.2) is 25.2 Å². The van der Waals surface area contributed by atoms with E-state index in [0.717, 1.165) is 12.8 Å². The number of rotatable bonds is 6. The second kappa shape index (κ2) is 7.76. The molecule has 0 aromatic heterocycles. The third-order valence-electron chi connectivity index (χ3n) is 3.77. The molecule has 116 valence electrons. The number of hydrogen-bond acceptors (Lipinski definition) is 2. The summed E-state index contributed by atoms with van der Waals surface area (Å²) in [6, 6.07) is 2.82. The van der Waals surface area contributed by atoms with Gasteiger partial charge < -0.3 is 10.1 Å². The highest BCUT2D eigenvalue weighted by molar-refractivity contribution is 6.34. The third-order valence-corrected chi connectivity index (χ3v) is 4.26. The van der Waals surface area contributed by atoms with Crippen LogP contribution in [0.2, 0.25) is 5.02 Å². The number of ether oxygens (including phenoxy) is 1. The molecule has 5 heteroatoms. The van der Waals surface area contributed by atoms with Crippen molar-refractivity contribution < 1.29 is 13.9 Å². The van der Waals surface area contributed by atoms with Gasteiger partial charge in [-0.15, -0.1) is 0 Å². The first-order chi connectivity index (χ1) is 10.1. The number of nitrogens with one attached hydrogen (secondary N) is 1. The summed E-state index contributed by atoms with van der Waals surface area (Å²) >= 11 is 5.99. The maximum Gasteiger partial charge on any atom is 0.255 e. The Morgan fingerprint density at radius 3 is 2.86 bits per heavy atom. The maximum atomic E-state index is 13.7. The number of carbonyl (C=O) groups excluding carboxylic acids is 1. The van der Waals surface area contributed by atoms with Gasteiger partial charge in [0.2, 0.25) is 0 Å². The van der Waals surface area contributed by atoms with E-state index in [1.54, 1.807) is 13.0 Å². The quantitative estimate of drug-likeness (QED) is 0.810. The van der Waals surface area contributed by atoms with Crippen molar-refractivity contribution in [3.05, 3.63) is 34.1 Å². The van der Waals surface area contributed by atoms with Crippen molar-refractivity contribution in [2.24, 2.45) is 0 Å². The summed E-state index contributed by atoms with van der Waals surface area (Å²) in [4.78, 5) is 12.0. The Morgan fingerprint density at radius 2 is 2.14 bits per heavy atom. The highest BCUT2D eigenvalue weighted by atomic mass is 35.5. The smallest absolute Gasteiger partial charge is 0.255 e. The highest BCUT2D eigenvalue weighted by Gasteiger charge is 2.17. The van der Waals surface area contributed by atoms with Gasteiger partial charge in [-0.2, -0.15) is 0 Å². The van der Waals surface area contributed by atoms with Crippen LogP contribution in [0.25, 0.3) is 0 Å². The molecule has 1 fully saturated rings. The molecule has 1 aliphatic rings. The Balaban J connectivity index is 1.75. The van der Waals surface area contributed by atoms with Gasteiger partial charge in [0, 0.05) is 13.2 Å². The minimum absolute atomic E-state index is 0.0756. The Hall–Kier alpha value is -1.13. The van der Waals surface area contributed by atoms with Crippen LogP contribution in [0.1, 0.15) is 48.0 Å². The Kier molecular flexibility index (Phi) is 6.00. The molecule has 0 unspecified atom stereocenters. The minimum Gasteiger partial charge on any atom is -0.378 e. The minimum atomic E-state index is -0.592.